The van der Waals surface area contributed by atoms with Gasteiger partial charge in [0, 0.05) is 35.9 Å². The normalized spacial score (nSPS) is 22.7. The van der Waals surface area contributed by atoms with Crippen LogP contribution in [0.2, 0.25) is 0 Å². The Bertz CT molecular complexity index is 1290. The number of carbonyl (C=O) groups excluding carboxylic acids is 1. The lowest BCUT2D eigenvalue weighted by Gasteiger charge is -2.30. The zero-order chi connectivity index (χ0) is 27.4. The second-order valence-corrected chi connectivity index (χ2v) is 11.0. The first-order valence-electron chi connectivity index (χ1n) is 13.7. The van der Waals surface area contributed by atoms with Crippen molar-refractivity contribution in [1.29, 1.82) is 0 Å². The van der Waals surface area contributed by atoms with E-state index in [0.29, 0.717) is 24.3 Å². The quantitative estimate of drug-likeness (QED) is 0.254. The first-order valence-corrected chi connectivity index (χ1v) is 13.7. The number of hydrogen-bond acceptors (Lipinski definition) is 5. The van der Waals surface area contributed by atoms with E-state index in [0.717, 1.165) is 29.7 Å². The van der Waals surface area contributed by atoms with Crippen molar-refractivity contribution >= 4 is 5.91 Å². The number of hydrogen-bond donors (Lipinski definition) is 3. The van der Waals surface area contributed by atoms with Crippen molar-refractivity contribution in [3.63, 3.8) is 0 Å². The smallest absolute Gasteiger partial charge is 0.251 e. The summed E-state index contributed by atoms with van der Waals surface area (Å²) in [4.78, 5) is 12.3. The number of aliphatic hydroxyl groups is 2. The summed E-state index contributed by atoms with van der Waals surface area (Å²) < 4.78 is 12.4. The molecule has 0 spiro atoms. The van der Waals surface area contributed by atoms with Gasteiger partial charge in [-0.25, -0.2) is 0 Å². The Morgan fingerprint density at radius 3 is 2.54 bits per heavy atom. The van der Waals surface area contributed by atoms with Crippen LogP contribution < -0.4 is 14.8 Å². The van der Waals surface area contributed by atoms with Gasteiger partial charge in [-0.2, -0.15) is 0 Å². The summed E-state index contributed by atoms with van der Waals surface area (Å²) in [6.07, 6.45) is 4.29. The maximum absolute atomic E-state index is 12.3. The van der Waals surface area contributed by atoms with E-state index in [2.05, 4.69) is 17.4 Å². The van der Waals surface area contributed by atoms with Gasteiger partial charge in [-0.15, -0.1) is 0 Å². The van der Waals surface area contributed by atoms with Gasteiger partial charge in [0.2, 0.25) is 0 Å². The Hall–Kier alpha value is -3.61. The zero-order valence-corrected chi connectivity index (χ0v) is 22.5. The number of rotatable bonds is 10. The number of ether oxygens (including phenoxy) is 2. The van der Waals surface area contributed by atoms with Crippen LogP contribution in [0.4, 0.5) is 0 Å². The molecule has 5 rings (SSSR count). The van der Waals surface area contributed by atoms with Crippen LogP contribution in [0.5, 0.6) is 11.5 Å². The standard InChI is InChI=1S/C33H37NO5/c1-33(2,39-24-15-7-4-8-16-24)29(36)19-18-25-27(35)21-28-30(25)26-17-9-13-22(31(26)38-28)14-10-20-34-32(37)23-11-5-3-6-12-23/h3-9,11-13,15-19,25,27-30,35-36H,10,14,20-21H2,1-2H3,(H,34,37)/b19-18+/t25-,27+,28?,29+,30-/m0/s1. The predicted octanol–water partition coefficient (Wildman–Crippen LogP) is 5.05. The Labute approximate surface area is 230 Å². The van der Waals surface area contributed by atoms with E-state index in [-0.39, 0.29) is 23.8 Å². The minimum Gasteiger partial charge on any atom is -0.489 e. The lowest BCUT2D eigenvalue weighted by molar-refractivity contribution is -0.00221. The highest BCUT2D eigenvalue weighted by Crippen LogP contribution is 2.52. The van der Waals surface area contributed by atoms with Crippen molar-refractivity contribution in [1.82, 2.24) is 5.32 Å². The number of fused-ring (bicyclic) bond motifs is 3. The second kappa shape index (κ2) is 11.6. The highest BCUT2D eigenvalue weighted by molar-refractivity contribution is 5.94. The summed E-state index contributed by atoms with van der Waals surface area (Å²) in [5.41, 5.74) is 2.04. The summed E-state index contributed by atoms with van der Waals surface area (Å²) in [5, 5.41) is 24.8. The van der Waals surface area contributed by atoms with Crippen LogP contribution in [0.1, 0.15) is 54.1 Å². The number of benzene rings is 3. The zero-order valence-electron chi connectivity index (χ0n) is 22.5. The molecule has 6 nitrogen and oxygen atoms in total. The summed E-state index contributed by atoms with van der Waals surface area (Å²) in [5.74, 6) is 1.39. The van der Waals surface area contributed by atoms with Crippen LogP contribution in [0.15, 0.2) is 91.0 Å². The number of nitrogens with one attached hydrogen (secondary N) is 1. The van der Waals surface area contributed by atoms with E-state index < -0.39 is 17.8 Å². The fourth-order valence-electron chi connectivity index (χ4n) is 5.66. The maximum Gasteiger partial charge on any atom is 0.251 e. The molecule has 2 aliphatic rings. The molecule has 0 bridgehead atoms. The molecule has 204 valence electrons. The van der Waals surface area contributed by atoms with Crippen LogP contribution in [0.25, 0.3) is 0 Å². The number of aryl methyl sites for hydroxylation is 1. The van der Waals surface area contributed by atoms with Gasteiger partial charge in [-0.3, -0.25) is 4.79 Å². The monoisotopic (exact) mass is 527 g/mol. The van der Waals surface area contributed by atoms with Crippen molar-refractivity contribution in [3.8, 4) is 11.5 Å². The Balaban J connectivity index is 1.22. The molecule has 0 radical (unpaired) electrons. The largest absolute Gasteiger partial charge is 0.489 e. The molecule has 3 aromatic carbocycles. The maximum atomic E-state index is 12.3. The lowest BCUT2D eigenvalue weighted by Crippen LogP contribution is -2.41. The van der Waals surface area contributed by atoms with E-state index in [1.807, 2.05) is 86.7 Å². The first-order chi connectivity index (χ1) is 18.8. The van der Waals surface area contributed by atoms with Crippen molar-refractivity contribution in [3.05, 3.63) is 108 Å². The van der Waals surface area contributed by atoms with E-state index in [9.17, 15) is 15.0 Å². The molecule has 0 aromatic heterocycles. The fraction of sp³-hybridized carbons (Fsp3) is 0.364. The third-order valence-electron chi connectivity index (χ3n) is 7.79. The van der Waals surface area contributed by atoms with Gasteiger partial charge in [0.1, 0.15) is 29.3 Å². The van der Waals surface area contributed by atoms with Gasteiger partial charge >= 0.3 is 0 Å². The van der Waals surface area contributed by atoms with Gasteiger partial charge < -0.3 is 25.0 Å². The summed E-state index contributed by atoms with van der Waals surface area (Å²) in [6.45, 7) is 4.28. The average Bonchev–Trinajstić information content (AvgIpc) is 3.45. The molecule has 1 fully saturated rings. The molecular formula is C33H37NO5. The molecule has 1 amide bonds. The lowest BCUT2D eigenvalue weighted by atomic mass is 9.86. The molecule has 6 heteroatoms. The highest BCUT2D eigenvalue weighted by atomic mass is 16.5. The molecule has 0 saturated heterocycles. The summed E-state index contributed by atoms with van der Waals surface area (Å²) in [7, 11) is 0. The molecule has 3 aromatic rings. The van der Waals surface area contributed by atoms with Crippen LogP contribution in [-0.2, 0) is 6.42 Å². The van der Waals surface area contributed by atoms with Crippen LogP contribution in [-0.4, -0.2) is 46.6 Å². The van der Waals surface area contributed by atoms with Gasteiger partial charge in [0.25, 0.3) is 5.91 Å². The third-order valence-corrected chi connectivity index (χ3v) is 7.79. The molecule has 39 heavy (non-hydrogen) atoms. The predicted molar refractivity (Wildman–Crippen MR) is 151 cm³/mol. The Kier molecular flexibility index (Phi) is 8.05. The summed E-state index contributed by atoms with van der Waals surface area (Å²) >= 11 is 0. The van der Waals surface area contributed by atoms with Gasteiger partial charge in [-0.1, -0.05) is 66.7 Å². The van der Waals surface area contributed by atoms with Gasteiger partial charge in [0.05, 0.1) is 6.10 Å². The molecule has 3 N–H and O–H groups in total. The third kappa shape index (κ3) is 6.02. The Morgan fingerprint density at radius 1 is 1.08 bits per heavy atom. The van der Waals surface area contributed by atoms with Crippen molar-refractivity contribution in [2.45, 2.75) is 62.9 Å². The molecule has 1 aliphatic carbocycles. The van der Waals surface area contributed by atoms with Crippen LogP contribution in [0, 0.1) is 5.92 Å². The molecule has 5 atom stereocenters. The number of amides is 1. The second-order valence-electron chi connectivity index (χ2n) is 11.0. The van der Waals surface area contributed by atoms with E-state index >= 15 is 0 Å². The minimum absolute atomic E-state index is 0.0225. The summed E-state index contributed by atoms with van der Waals surface area (Å²) in [6, 6.07) is 24.9. The van der Waals surface area contributed by atoms with Crippen molar-refractivity contribution < 1.29 is 24.5 Å². The van der Waals surface area contributed by atoms with Crippen molar-refractivity contribution in [2.75, 3.05) is 6.54 Å². The number of para-hydroxylation sites is 2. The first kappa shape index (κ1) is 27.0. The SMILES string of the molecule is CC(C)(Oc1ccccc1)[C@H](O)/C=C/[C@H]1[C@H](O)CC2Oc3c(CCCNC(=O)c4ccccc4)cccc3[C@@H]21. The average molecular weight is 528 g/mol. The van der Waals surface area contributed by atoms with Gasteiger partial charge in [-0.05, 0) is 56.5 Å². The molecule has 1 saturated carbocycles. The van der Waals surface area contributed by atoms with Crippen molar-refractivity contribution in [2.24, 2.45) is 5.92 Å². The number of carbonyl (C=O) groups is 1. The van der Waals surface area contributed by atoms with Crippen LogP contribution in [0.3, 0.4) is 0 Å². The molecular weight excluding hydrogens is 490 g/mol. The highest BCUT2D eigenvalue weighted by Gasteiger charge is 2.49. The van der Waals surface area contributed by atoms with E-state index in [1.165, 1.54) is 0 Å². The van der Waals surface area contributed by atoms with E-state index in [1.54, 1.807) is 6.08 Å². The van der Waals surface area contributed by atoms with E-state index in [4.69, 9.17) is 9.47 Å². The molecule has 1 unspecified atom stereocenters. The topological polar surface area (TPSA) is 88.0 Å². The minimum atomic E-state index is -0.858. The van der Waals surface area contributed by atoms with Gasteiger partial charge in [0.15, 0.2) is 0 Å². The molecule has 1 heterocycles. The fourth-order valence-corrected chi connectivity index (χ4v) is 5.66. The van der Waals surface area contributed by atoms with Crippen LogP contribution >= 0.6 is 0 Å². The number of aliphatic hydroxyl groups excluding tert-OH is 2. The molecule has 1 aliphatic heterocycles. The Morgan fingerprint density at radius 2 is 1.79 bits per heavy atom.